The third-order valence-corrected chi connectivity index (χ3v) is 2.07. The van der Waals surface area contributed by atoms with E-state index in [1.807, 2.05) is 0 Å². The topological polar surface area (TPSA) is 17.1 Å². The molecular formula is C6H12NO+. The van der Waals surface area contributed by atoms with Gasteiger partial charge in [0.25, 0.3) is 0 Å². The molecule has 1 aliphatic rings. The quantitative estimate of drug-likeness (QED) is 0.375. The van der Waals surface area contributed by atoms with E-state index >= 15 is 0 Å². The van der Waals surface area contributed by atoms with Crippen LogP contribution < -0.4 is 0 Å². The van der Waals surface area contributed by atoms with Crippen LogP contribution >= 0.6 is 0 Å². The van der Waals surface area contributed by atoms with Gasteiger partial charge in [-0.1, -0.05) is 0 Å². The molecule has 0 spiro atoms. The maximum absolute atomic E-state index is 10.6. The lowest BCUT2D eigenvalue weighted by Crippen LogP contribution is -2.26. The zero-order valence-corrected chi connectivity index (χ0v) is 5.48. The van der Waals surface area contributed by atoms with Crippen molar-refractivity contribution in [1.82, 2.24) is 0 Å². The Balaban J connectivity index is 2.52. The monoisotopic (exact) mass is 114 g/mol. The van der Waals surface area contributed by atoms with E-state index < -0.39 is 0 Å². The first kappa shape index (κ1) is 5.76. The van der Waals surface area contributed by atoms with Crippen molar-refractivity contribution >= 4 is 5.91 Å². The summed E-state index contributed by atoms with van der Waals surface area (Å²) in [7, 11) is 0. The third kappa shape index (κ3) is 0.564. The van der Waals surface area contributed by atoms with Gasteiger partial charge >= 0.3 is 5.91 Å². The fourth-order valence-corrected chi connectivity index (χ4v) is 1.02. The van der Waals surface area contributed by atoms with Crippen LogP contribution in [0.1, 0.15) is 13.8 Å². The van der Waals surface area contributed by atoms with Gasteiger partial charge in [0.15, 0.2) is 0 Å². The van der Waals surface area contributed by atoms with Crippen LogP contribution in [0.15, 0.2) is 0 Å². The molecule has 0 aromatic heterocycles. The minimum atomic E-state index is 0.412. The van der Waals surface area contributed by atoms with Crippen molar-refractivity contribution in [2.45, 2.75) is 13.8 Å². The summed E-state index contributed by atoms with van der Waals surface area (Å²) in [4.78, 5) is 10.6. The highest BCUT2D eigenvalue weighted by molar-refractivity contribution is 5.81. The molecule has 1 fully saturated rings. The second-order valence-electron chi connectivity index (χ2n) is 2.33. The van der Waals surface area contributed by atoms with Crippen molar-refractivity contribution in [1.29, 1.82) is 0 Å². The molecule has 0 radical (unpaired) electrons. The highest BCUT2D eigenvalue weighted by Gasteiger charge is 2.52. The van der Waals surface area contributed by atoms with Crippen LogP contribution in [0.5, 0.6) is 0 Å². The molecule has 8 heavy (non-hydrogen) atoms. The minimum Gasteiger partial charge on any atom is -0.245 e. The highest BCUT2D eigenvalue weighted by Crippen LogP contribution is 2.20. The molecule has 0 unspecified atom stereocenters. The Kier molecular flexibility index (Phi) is 1.12. The zero-order chi connectivity index (χ0) is 6.20. The predicted molar refractivity (Wildman–Crippen MR) is 31.2 cm³/mol. The molecule has 1 saturated heterocycles. The average Bonchev–Trinajstić information content (AvgIpc) is 2.43. The Hall–Kier alpha value is -0.370. The first-order valence-electron chi connectivity index (χ1n) is 3.14. The summed E-state index contributed by atoms with van der Waals surface area (Å²) < 4.78 is 0.736. The lowest BCUT2D eigenvalue weighted by Gasteiger charge is -2.07. The molecule has 1 heterocycles. The number of likely N-dealkylation sites (N-methyl/N-ethyl adjacent to an activating group) is 1. The smallest absolute Gasteiger partial charge is 0.245 e. The lowest BCUT2D eigenvalue weighted by atomic mass is 10.6. The second-order valence-corrected chi connectivity index (χ2v) is 2.33. The van der Waals surface area contributed by atoms with Gasteiger partial charge < -0.3 is 0 Å². The van der Waals surface area contributed by atoms with Gasteiger partial charge in [-0.15, -0.1) is 0 Å². The van der Waals surface area contributed by atoms with Crippen LogP contribution in [0.25, 0.3) is 0 Å². The van der Waals surface area contributed by atoms with Gasteiger partial charge in [0.05, 0.1) is 13.1 Å². The molecule has 0 aromatic rings. The van der Waals surface area contributed by atoms with Gasteiger partial charge in [-0.25, -0.2) is 9.28 Å². The van der Waals surface area contributed by atoms with E-state index in [9.17, 15) is 4.79 Å². The lowest BCUT2D eigenvalue weighted by molar-refractivity contribution is -0.755. The molecule has 0 bridgehead atoms. The molecule has 1 amide bonds. The maximum Gasteiger partial charge on any atom is 0.369 e. The van der Waals surface area contributed by atoms with Gasteiger partial charge in [0.2, 0.25) is 6.54 Å². The molecule has 0 N–H and O–H groups in total. The number of hydrogen-bond acceptors (Lipinski definition) is 1. The van der Waals surface area contributed by atoms with Crippen LogP contribution in [0, 0.1) is 0 Å². The van der Waals surface area contributed by atoms with Gasteiger partial charge in [0, 0.05) is 0 Å². The van der Waals surface area contributed by atoms with E-state index in [-0.39, 0.29) is 0 Å². The Morgan fingerprint density at radius 3 is 1.88 bits per heavy atom. The van der Waals surface area contributed by atoms with E-state index in [1.54, 1.807) is 0 Å². The van der Waals surface area contributed by atoms with Crippen LogP contribution in [0.2, 0.25) is 0 Å². The molecule has 0 aliphatic carbocycles. The van der Waals surface area contributed by atoms with Gasteiger partial charge in [-0.3, -0.25) is 0 Å². The van der Waals surface area contributed by atoms with Crippen molar-refractivity contribution in [3.8, 4) is 0 Å². The molecule has 46 valence electrons. The number of carbonyl (C=O) groups is 1. The summed E-state index contributed by atoms with van der Waals surface area (Å²) >= 11 is 0. The summed E-state index contributed by atoms with van der Waals surface area (Å²) in [5, 5.41) is 0. The van der Waals surface area contributed by atoms with Gasteiger partial charge in [-0.05, 0) is 13.8 Å². The second kappa shape index (κ2) is 1.55. The van der Waals surface area contributed by atoms with E-state index in [0.717, 1.165) is 24.1 Å². The van der Waals surface area contributed by atoms with Crippen LogP contribution in [-0.4, -0.2) is 30.0 Å². The molecule has 0 aromatic carbocycles. The fraction of sp³-hybridized carbons (Fsp3) is 0.833. The van der Waals surface area contributed by atoms with Crippen LogP contribution in [-0.2, 0) is 4.79 Å². The SMILES string of the molecule is CC[N+]1(CC)CC1=O. The summed E-state index contributed by atoms with van der Waals surface area (Å²) in [6, 6.07) is 0. The van der Waals surface area contributed by atoms with E-state index in [1.165, 1.54) is 0 Å². The van der Waals surface area contributed by atoms with Crippen LogP contribution in [0.4, 0.5) is 0 Å². The van der Waals surface area contributed by atoms with E-state index in [0.29, 0.717) is 5.91 Å². The fourth-order valence-electron chi connectivity index (χ4n) is 1.02. The molecule has 1 rings (SSSR count). The Morgan fingerprint density at radius 2 is 1.88 bits per heavy atom. The number of hydrogen-bond donors (Lipinski definition) is 0. The van der Waals surface area contributed by atoms with E-state index in [2.05, 4.69) is 13.8 Å². The van der Waals surface area contributed by atoms with Crippen molar-refractivity contribution in [2.75, 3.05) is 19.6 Å². The molecule has 2 nitrogen and oxygen atoms in total. The number of amides is 1. The Morgan fingerprint density at radius 1 is 1.50 bits per heavy atom. The summed E-state index contributed by atoms with van der Waals surface area (Å²) in [5.74, 6) is 0.412. The largest absolute Gasteiger partial charge is 0.369 e. The van der Waals surface area contributed by atoms with Crippen molar-refractivity contribution in [3.05, 3.63) is 0 Å². The first-order chi connectivity index (χ1) is 3.75. The molecule has 2 heteroatoms. The minimum absolute atomic E-state index is 0.412. The normalized spacial score (nSPS) is 23.5. The Bertz CT molecular complexity index is 116. The highest BCUT2D eigenvalue weighted by atomic mass is 16.2. The molecule has 1 aliphatic heterocycles. The maximum atomic E-state index is 10.6. The summed E-state index contributed by atoms with van der Waals surface area (Å²) in [5.41, 5.74) is 0. The molecule has 0 atom stereocenters. The number of nitrogens with zero attached hydrogens (tertiary/aromatic N) is 1. The number of rotatable bonds is 2. The van der Waals surface area contributed by atoms with Crippen molar-refractivity contribution < 1.29 is 9.28 Å². The number of carbonyl (C=O) groups excluding carboxylic acids is 1. The molecular weight excluding hydrogens is 102 g/mol. The van der Waals surface area contributed by atoms with Crippen LogP contribution in [0.3, 0.4) is 0 Å². The summed E-state index contributed by atoms with van der Waals surface area (Å²) in [6.07, 6.45) is 0. The average molecular weight is 114 g/mol. The number of quaternary nitrogens is 1. The Labute approximate surface area is 49.7 Å². The standard InChI is InChI=1S/C6H12NO/c1-3-7(4-2)5-6(7)8/h3-5H2,1-2H3/q+1. The van der Waals surface area contributed by atoms with Crippen molar-refractivity contribution in [2.24, 2.45) is 0 Å². The van der Waals surface area contributed by atoms with Gasteiger partial charge in [-0.2, -0.15) is 0 Å². The third-order valence-electron chi connectivity index (χ3n) is 2.07. The molecule has 0 saturated carbocycles. The first-order valence-corrected chi connectivity index (χ1v) is 3.14. The predicted octanol–water partition coefficient (Wildman–Crippen LogP) is 0.383. The van der Waals surface area contributed by atoms with E-state index in [4.69, 9.17) is 0 Å². The van der Waals surface area contributed by atoms with Gasteiger partial charge in [0.1, 0.15) is 0 Å². The van der Waals surface area contributed by atoms with Crippen molar-refractivity contribution in [3.63, 3.8) is 0 Å². The summed E-state index contributed by atoms with van der Waals surface area (Å²) in [6.45, 7) is 6.88. The zero-order valence-electron chi connectivity index (χ0n) is 5.48.